The minimum absolute atomic E-state index is 0.279. The fourth-order valence-corrected chi connectivity index (χ4v) is 3.29. The third kappa shape index (κ3) is 2.44. The molecular weight excluding hydrogens is 314 g/mol. The summed E-state index contributed by atoms with van der Waals surface area (Å²) in [6.45, 7) is 1.25. The first-order chi connectivity index (χ1) is 11.6. The number of urea groups is 1. The van der Waals surface area contributed by atoms with E-state index in [9.17, 15) is 14.4 Å². The Bertz CT molecular complexity index is 698. The van der Waals surface area contributed by atoms with Gasteiger partial charge in [-0.2, -0.15) is 0 Å². The second kappa shape index (κ2) is 5.70. The molecule has 0 aliphatic carbocycles. The van der Waals surface area contributed by atoms with Crippen molar-refractivity contribution >= 4 is 23.5 Å². The fourth-order valence-electron chi connectivity index (χ4n) is 3.29. The predicted octanol–water partition coefficient (Wildman–Crippen LogP) is 0.823. The van der Waals surface area contributed by atoms with E-state index in [1.807, 2.05) is 0 Å². The zero-order valence-electron chi connectivity index (χ0n) is 13.0. The van der Waals surface area contributed by atoms with Crippen LogP contribution >= 0.6 is 0 Å². The Morgan fingerprint density at radius 1 is 1.21 bits per heavy atom. The molecule has 3 aliphatic rings. The van der Waals surface area contributed by atoms with Crippen molar-refractivity contribution in [1.82, 2.24) is 9.80 Å². The summed E-state index contributed by atoms with van der Waals surface area (Å²) >= 11 is 0. The summed E-state index contributed by atoms with van der Waals surface area (Å²) in [7, 11) is 0. The molecule has 0 aromatic heterocycles. The topological polar surface area (TPSA) is 88.2 Å². The Kier molecular flexibility index (Phi) is 3.51. The third-order valence-corrected chi connectivity index (χ3v) is 4.41. The number of hydrogen-bond donors (Lipinski definition) is 1. The van der Waals surface area contributed by atoms with Crippen LogP contribution in [0.4, 0.5) is 10.5 Å². The molecule has 4 amide bonds. The molecule has 1 aromatic rings. The zero-order valence-corrected chi connectivity index (χ0v) is 13.0. The number of anilines is 1. The Morgan fingerprint density at radius 2 is 2.00 bits per heavy atom. The molecule has 1 atom stereocenters. The SMILES string of the molecule is O=C(CN1C(=O)C2CCCN2C1=O)Nc1ccc2c(c1)OCCO2. The van der Waals surface area contributed by atoms with Gasteiger partial charge in [0.25, 0.3) is 5.91 Å². The number of fused-ring (bicyclic) bond motifs is 2. The molecule has 2 saturated heterocycles. The van der Waals surface area contributed by atoms with Gasteiger partial charge in [-0.1, -0.05) is 0 Å². The predicted molar refractivity (Wildman–Crippen MR) is 82.9 cm³/mol. The van der Waals surface area contributed by atoms with Crippen LogP contribution in [0.3, 0.4) is 0 Å². The van der Waals surface area contributed by atoms with Gasteiger partial charge < -0.3 is 19.7 Å². The van der Waals surface area contributed by atoms with Gasteiger partial charge in [0.1, 0.15) is 25.8 Å². The first-order valence-electron chi connectivity index (χ1n) is 7.95. The van der Waals surface area contributed by atoms with Gasteiger partial charge in [-0.3, -0.25) is 14.5 Å². The van der Waals surface area contributed by atoms with Gasteiger partial charge in [0.05, 0.1) is 0 Å². The summed E-state index contributed by atoms with van der Waals surface area (Å²) in [5, 5.41) is 2.69. The summed E-state index contributed by atoms with van der Waals surface area (Å²) in [5.74, 6) is 0.488. The first-order valence-corrected chi connectivity index (χ1v) is 7.95. The van der Waals surface area contributed by atoms with Crippen molar-refractivity contribution in [2.24, 2.45) is 0 Å². The maximum absolute atomic E-state index is 12.2. The summed E-state index contributed by atoms with van der Waals surface area (Å²) in [5.41, 5.74) is 0.531. The number of nitrogens with one attached hydrogen (secondary N) is 1. The van der Waals surface area contributed by atoms with E-state index in [0.29, 0.717) is 43.4 Å². The van der Waals surface area contributed by atoms with Crippen molar-refractivity contribution in [3.63, 3.8) is 0 Å². The van der Waals surface area contributed by atoms with Gasteiger partial charge in [0, 0.05) is 18.3 Å². The standard InChI is InChI=1S/C16H17N3O5/c20-14(9-19-15(21)11-2-1-5-18(11)16(19)22)17-10-3-4-12-13(8-10)24-7-6-23-12/h3-4,8,11H,1-2,5-7,9H2,(H,17,20). The highest BCUT2D eigenvalue weighted by Crippen LogP contribution is 2.32. The normalized spacial score (nSPS) is 21.9. The largest absolute Gasteiger partial charge is 0.486 e. The fraction of sp³-hybridized carbons (Fsp3) is 0.438. The molecule has 2 fully saturated rings. The van der Waals surface area contributed by atoms with Crippen molar-refractivity contribution in [2.75, 3.05) is 31.6 Å². The lowest BCUT2D eigenvalue weighted by molar-refractivity contribution is -0.131. The lowest BCUT2D eigenvalue weighted by atomic mass is 10.2. The smallest absolute Gasteiger partial charge is 0.327 e. The average molecular weight is 331 g/mol. The average Bonchev–Trinajstić information content (AvgIpc) is 3.15. The number of hydrogen-bond acceptors (Lipinski definition) is 5. The molecule has 0 saturated carbocycles. The number of carbonyl (C=O) groups is 3. The molecule has 24 heavy (non-hydrogen) atoms. The molecule has 3 heterocycles. The van der Waals surface area contributed by atoms with Gasteiger partial charge in [-0.05, 0) is 25.0 Å². The molecule has 1 N–H and O–H groups in total. The van der Waals surface area contributed by atoms with Crippen LogP contribution in [-0.4, -0.2) is 60.0 Å². The van der Waals surface area contributed by atoms with Crippen LogP contribution in [0.2, 0.25) is 0 Å². The van der Waals surface area contributed by atoms with E-state index < -0.39 is 5.91 Å². The highest BCUT2D eigenvalue weighted by atomic mass is 16.6. The van der Waals surface area contributed by atoms with Gasteiger partial charge in [-0.25, -0.2) is 4.79 Å². The molecule has 4 rings (SSSR count). The third-order valence-electron chi connectivity index (χ3n) is 4.41. The van der Waals surface area contributed by atoms with Gasteiger partial charge >= 0.3 is 6.03 Å². The molecule has 0 radical (unpaired) electrons. The lowest BCUT2D eigenvalue weighted by Gasteiger charge is -2.19. The van der Waals surface area contributed by atoms with Crippen molar-refractivity contribution < 1.29 is 23.9 Å². The molecule has 126 valence electrons. The van der Waals surface area contributed by atoms with Gasteiger partial charge in [-0.15, -0.1) is 0 Å². The Hall–Kier alpha value is -2.77. The number of imide groups is 1. The number of carbonyl (C=O) groups excluding carboxylic acids is 3. The summed E-state index contributed by atoms with van der Waals surface area (Å²) in [6.07, 6.45) is 1.50. The van der Waals surface area contributed by atoms with Crippen LogP contribution in [0.5, 0.6) is 11.5 Å². The highest BCUT2D eigenvalue weighted by molar-refractivity contribution is 6.08. The van der Waals surface area contributed by atoms with Crippen LogP contribution < -0.4 is 14.8 Å². The summed E-state index contributed by atoms with van der Waals surface area (Å²) in [6, 6.07) is 4.31. The summed E-state index contributed by atoms with van der Waals surface area (Å²) in [4.78, 5) is 39.2. The number of nitrogens with zero attached hydrogens (tertiary/aromatic N) is 2. The minimum Gasteiger partial charge on any atom is -0.486 e. The molecule has 8 heteroatoms. The number of rotatable bonds is 3. The van der Waals surface area contributed by atoms with Crippen molar-refractivity contribution in [3.8, 4) is 11.5 Å². The van der Waals surface area contributed by atoms with E-state index in [2.05, 4.69) is 5.32 Å². The monoisotopic (exact) mass is 331 g/mol. The molecular formula is C16H17N3O5. The van der Waals surface area contributed by atoms with E-state index in [1.165, 1.54) is 0 Å². The molecule has 1 unspecified atom stereocenters. The lowest BCUT2D eigenvalue weighted by Crippen LogP contribution is -2.39. The Labute approximate surface area is 138 Å². The van der Waals surface area contributed by atoms with E-state index in [0.717, 1.165) is 11.3 Å². The Balaban J connectivity index is 1.42. The van der Waals surface area contributed by atoms with E-state index in [4.69, 9.17) is 9.47 Å². The zero-order chi connectivity index (χ0) is 16.7. The number of amides is 4. The van der Waals surface area contributed by atoms with Crippen molar-refractivity contribution in [2.45, 2.75) is 18.9 Å². The van der Waals surface area contributed by atoms with Crippen molar-refractivity contribution in [1.29, 1.82) is 0 Å². The number of benzene rings is 1. The minimum atomic E-state index is -0.422. The summed E-state index contributed by atoms with van der Waals surface area (Å²) < 4.78 is 10.9. The van der Waals surface area contributed by atoms with Crippen LogP contribution in [0.15, 0.2) is 18.2 Å². The second-order valence-corrected chi connectivity index (χ2v) is 5.96. The molecule has 0 spiro atoms. The van der Waals surface area contributed by atoms with Gasteiger partial charge in [0.2, 0.25) is 5.91 Å². The molecule has 8 nitrogen and oxygen atoms in total. The maximum Gasteiger partial charge on any atom is 0.327 e. The van der Waals surface area contributed by atoms with Crippen LogP contribution in [0.25, 0.3) is 0 Å². The van der Waals surface area contributed by atoms with E-state index in [-0.39, 0.29) is 24.5 Å². The Morgan fingerprint density at radius 3 is 2.79 bits per heavy atom. The van der Waals surface area contributed by atoms with Crippen LogP contribution in [0, 0.1) is 0 Å². The van der Waals surface area contributed by atoms with E-state index in [1.54, 1.807) is 23.1 Å². The second-order valence-electron chi connectivity index (χ2n) is 5.96. The quantitative estimate of drug-likeness (QED) is 0.829. The van der Waals surface area contributed by atoms with Crippen LogP contribution in [0.1, 0.15) is 12.8 Å². The highest BCUT2D eigenvalue weighted by Gasteiger charge is 2.47. The number of ether oxygens (including phenoxy) is 2. The molecule has 1 aromatic carbocycles. The van der Waals surface area contributed by atoms with Gasteiger partial charge in [0.15, 0.2) is 11.5 Å². The van der Waals surface area contributed by atoms with Crippen LogP contribution in [-0.2, 0) is 9.59 Å². The molecule has 0 bridgehead atoms. The first kappa shape index (κ1) is 14.8. The molecule has 3 aliphatic heterocycles. The van der Waals surface area contributed by atoms with Crippen molar-refractivity contribution in [3.05, 3.63) is 18.2 Å². The van der Waals surface area contributed by atoms with E-state index >= 15 is 0 Å². The maximum atomic E-state index is 12.2.